The first-order valence-electron chi connectivity index (χ1n) is 10.6. The molecule has 1 heterocycles. The molecule has 10 nitrogen and oxygen atoms in total. The minimum Gasteiger partial charge on any atom is -0.282 e. The number of rotatable bonds is 6. The fourth-order valence-corrected chi connectivity index (χ4v) is 6.43. The molecule has 3 aromatic rings. The molecule has 1 unspecified atom stereocenters. The van der Waals surface area contributed by atoms with Crippen LogP contribution in [0.4, 0.5) is 5.69 Å². The number of nitrogens with one attached hydrogen (secondary N) is 2. The summed E-state index contributed by atoms with van der Waals surface area (Å²) < 4.78 is 51.2. The minimum absolute atomic E-state index is 0.0168. The van der Waals surface area contributed by atoms with E-state index in [-0.39, 0.29) is 27.2 Å². The number of sulfonamides is 2. The summed E-state index contributed by atoms with van der Waals surface area (Å²) in [5, 5.41) is 6.31. The molecule has 0 radical (unpaired) electrons. The number of hydrazine groups is 1. The number of benzene rings is 3. The van der Waals surface area contributed by atoms with Gasteiger partial charge in [0.05, 0.1) is 21.8 Å². The number of primary sulfonamides is 1. The molecule has 14 heteroatoms. The molecule has 1 atom stereocenters. The third-order valence-electron chi connectivity index (χ3n) is 5.64. The molecule has 194 valence electrons. The van der Waals surface area contributed by atoms with Crippen molar-refractivity contribution >= 4 is 60.8 Å². The lowest BCUT2D eigenvalue weighted by Gasteiger charge is -2.25. The first-order chi connectivity index (χ1) is 17.3. The molecule has 4 rings (SSSR count). The molecular formula is C23H20Cl2N4O6S2. The number of carbonyl (C=O) groups excluding carboxylic acids is 2. The molecule has 3 aromatic carbocycles. The molecule has 37 heavy (non-hydrogen) atoms. The maximum absolute atomic E-state index is 13.0. The summed E-state index contributed by atoms with van der Waals surface area (Å²) in [5.74, 6) is -1.74. The van der Waals surface area contributed by atoms with Gasteiger partial charge in [-0.15, -0.1) is 0 Å². The van der Waals surface area contributed by atoms with Crippen molar-refractivity contribution in [3.05, 3.63) is 87.4 Å². The van der Waals surface area contributed by atoms with Crippen molar-refractivity contribution in [1.82, 2.24) is 10.1 Å². The number of anilines is 1. The normalized spacial score (nSPS) is 15.2. The van der Waals surface area contributed by atoms with Crippen LogP contribution in [-0.4, -0.2) is 34.7 Å². The summed E-state index contributed by atoms with van der Waals surface area (Å²) in [7, 11) is -8.85. The van der Waals surface area contributed by atoms with Crippen molar-refractivity contribution in [2.75, 3.05) is 5.01 Å². The van der Waals surface area contributed by atoms with Crippen LogP contribution in [-0.2, 0) is 26.5 Å². The van der Waals surface area contributed by atoms with E-state index in [1.807, 2.05) is 35.9 Å². The number of amides is 2. The Morgan fingerprint density at radius 2 is 1.46 bits per heavy atom. The van der Waals surface area contributed by atoms with Gasteiger partial charge < -0.3 is 0 Å². The second-order valence-corrected chi connectivity index (χ2v) is 12.3. The maximum Gasteiger partial charge on any atom is 0.269 e. The Labute approximate surface area is 223 Å². The van der Waals surface area contributed by atoms with Crippen LogP contribution < -0.4 is 20.3 Å². The summed E-state index contributed by atoms with van der Waals surface area (Å²) in [4.78, 5) is 24.6. The number of halogens is 2. The quantitative estimate of drug-likeness (QED) is 0.403. The number of carbonyl (C=O) groups is 2. The van der Waals surface area contributed by atoms with E-state index in [2.05, 4.69) is 5.43 Å². The van der Waals surface area contributed by atoms with Crippen molar-refractivity contribution in [2.45, 2.75) is 29.2 Å². The number of hydrogen-bond acceptors (Lipinski definition) is 7. The zero-order valence-electron chi connectivity index (χ0n) is 19.1. The highest BCUT2D eigenvalue weighted by Crippen LogP contribution is 2.30. The highest BCUT2D eigenvalue weighted by molar-refractivity contribution is 7.90. The van der Waals surface area contributed by atoms with E-state index in [9.17, 15) is 26.4 Å². The molecular weight excluding hydrogens is 563 g/mol. The van der Waals surface area contributed by atoms with Gasteiger partial charge in [-0.3, -0.25) is 20.0 Å². The molecule has 0 aromatic heterocycles. The van der Waals surface area contributed by atoms with Gasteiger partial charge in [0, 0.05) is 11.1 Å². The van der Waals surface area contributed by atoms with Crippen molar-refractivity contribution in [2.24, 2.45) is 5.14 Å². The van der Waals surface area contributed by atoms with E-state index in [4.69, 9.17) is 28.3 Å². The van der Waals surface area contributed by atoms with Crippen LogP contribution in [0.15, 0.2) is 70.5 Å². The number of nitrogens with zero attached hydrogens (tertiary/aromatic N) is 1. The van der Waals surface area contributed by atoms with E-state index in [0.29, 0.717) is 0 Å². The smallest absolute Gasteiger partial charge is 0.269 e. The molecule has 0 saturated carbocycles. The second-order valence-electron chi connectivity index (χ2n) is 8.26. The Morgan fingerprint density at radius 1 is 0.892 bits per heavy atom. The van der Waals surface area contributed by atoms with Gasteiger partial charge in [-0.25, -0.2) is 26.7 Å². The fraction of sp³-hybridized carbons (Fsp3) is 0.130. The molecule has 0 spiro atoms. The Hall–Kier alpha value is -3.16. The SMILES string of the molecule is CC1Cc2ccccc2N1NC(=O)c1ccc(Cl)c(S(=O)(=O)NC(=O)c2ccc(Cl)c(S(N)(=O)=O)c2)c1. The third-order valence-corrected chi connectivity index (χ3v) is 8.84. The van der Waals surface area contributed by atoms with Crippen LogP contribution in [0.2, 0.25) is 10.0 Å². The lowest BCUT2D eigenvalue weighted by Crippen LogP contribution is -2.45. The minimum atomic E-state index is -4.58. The predicted octanol–water partition coefficient (Wildman–Crippen LogP) is 2.86. The third kappa shape index (κ3) is 5.58. The largest absolute Gasteiger partial charge is 0.282 e. The lowest BCUT2D eigenvalue weighted by atomic mass is 10.1. The Kier molecular flexibility index (Phi) is 7.23. The standard InChI is InChI=1S/C23H20Cl2N4O6S2/c1-13-10-14-4-2-3-5-19(14)29(13)27-22(30)15-6-9-18(25)21(12-15)37(34,35)28-23(31)16-7-8-17(24)20(11-16)36(26,32)33/h2-9,11-13H,10H2,1H3,(H,27,30)(H,28,31)(H2,26,32,33). The summed E-state index contributed by atoms with van der Waals surface area (Å²) in [6.45, 7) is 1.94. The molecule has 0 bridgehead atoms. The van der Waals surface area contributed by atoms with Gasteiger partial charge in [0.15, 0.2) is 0 Å². The summed E-state index contributed by atoms with van der Waals surface area (Å²) in [5.41, 5.74) is 4.33. The van der Waals surface area contributed by atoms with Gasteiger partial charge in [-0.2, -0.15) is 0 Å². The van der Waals surface area contributed by atoms with Gasteiger partial charge in [0.25, 0.3) is 21.8 Å². The Morgan fingerprint density at radius 3 is 2.11 bits per heavy atom. The number of fused-ring (bicyclic) bond motifs is 1. The van der Waals surface area contributed by atoms with E-state index >= 15 is 0 Å². The van der Waals surface area contributed by atoms with Crippen LogP contribution in [0.3, 0.4) is 0 Å². The van der Waals surface area contributed by atoms with Crippen molar-refractivity contribution in [3.63, 3.8) is 0 Å². The Balaban J connectivity index is 1.58. The maximum atomic E-state index is 13.0. The average Bonchev–Trinajstić information content (AvgIpc) is 3.13. The molecule has 1 aliphatic heterocycles. The van der Waals surface area contributed by atoms with Crippen molar-refractivity contribution in [3.8, 4) is 0 Å². The van der Waals surface area contributed by atoms with E-state index in [1.165, 1.54) is 12.1 Å². The van der Waals surface area contributed by atoms with Gasteiger partial charge in [0.1, 0.15) is 9.79 Å². The topological polar surface area (TPSA) is 156 Å². The molecule has 0 fully saturated rings. The van der Waals surface area contributed by atoms with Crippen LogP contribution in [0.1, 0.15) is 33.2 Å². The monoisotopic (exact) mass is 582 g/mol. The van der Waals surface area contributed by atoms with Gasteiger partial charge in [-0.05, 0) is 61.4 Å². The summed E-state index contributed by atoms with van der Waals surface area (Å²) in [6, 6.07) is 14.2. The molecule has 1 aliphatic rings. The molecule has 0 aliphatic carbocycles. The predicted molar refractivity (Wildman–Crippen MR) is 138 cm³/mol. The van der Waals surface area contributed by atoms with Crippen LogP contribution in [0.25, 0.3) is 0 Å². The number of para-hydroxylation sites is 1. The van der Waals surface area contributed by atoms with Gasteiger partial charge in [0.2, 0.25) is 10.0 Å². The summed E-state index contributed by atoms with van der Waals surface area (Å²) in [6.07, 6.45) is 0.723. The number of nitrogens with two attached hydrogens (primary N) is 1. The molecule has 0 saturated heterocycles. The van der Waals surface area contributed by atoms with Crippen molar-refractivity contribution < 1.29 is 26.4 Å². The highest BCUT2D eigenvalue weighted by Gasteiger charge is 2.29. The first kappa shape index (κ1) is 26.9. The van der Waals surface area contributed by atoms with Crippen LogP contribution in [0.5, 0.6) is 0 Å². The first-order valence-corrected chi connectivity index (χ1v) is 14.4. The summed E-state index contributed by atoms with van der Waals surface area (Å²) >= 11 is 11.9. The highest BCUT2D eigenvalue weighted by atomic mass is 35.5. The van der Waals surface area contributed by atoms with Crippen LogP contribution in [0, 0.1) is 0 Å². The fourth-order valence-electron chi connectivity index (χ4n) is 3.86. The van der Waals surface area contributed by atoms with Gasteiger partial charge in [-0.1, -0.05) is 41.4 Å². The molecule has 2 amide bonds. The molecule has 4 N–H and O–H groups in total. The number of hydrogen-bond donors (Lipinski definition) is 3. The van der Waals surface area contributed by atoms with E-state index < -0.39 is 41.7 Å². The van der Waals surface area contributed by atoms with Crippen molar-refractivity contribution in [1.29, 1.82) is 0 Å². The Bertz CT molecular complexity index is 1640. The van der Waals surface area contributed by atoms with E-state index in [0.717, 1.165) is 41.9 Å². The average molecular weight is 583 g/mol. The lowest BCUT2D eigenvalue weighted by molar-refractivity contribution is 0.0944. The second kappa shape index (κ2) is 9.95. The zero-order valence-corrected chi connectivity index (χ0v) is 22.2. The van der Waals surface area contributed by atoms with Gasteiger partial charge >= 0.3 is 0 Å². The van der Waals surface area contributed by atoms with Crippen LogP contribution >= 0.6 is 23.2 Å². The van der Waals surface area contributed by atoms with E-state index in [1.54, 1.807) is 5.01 Å². The zero-order chi connectivity index (χ0) is 27.1.